The van der Waals surface area contributed by atoms with Gasteiger partial charge in [-0.05, 0) is 55.1 Å². The SMILES string of the molecule is O=C1c2cccc3c(-c4cc(=O)c5ccccc5o4)ccc(c23)C(=O)N1CCCCN1CCNCC1. The van der Waals surface area contributed by atoms with Crippen LogP contribution in [-0.2, 0) is 0 Å². The second kappa shape index (κ2) is 9.33. The highest BCUT2D eigenvalue weighted by Gasteiger charge is 2.33. The van der Waals surface area contributed by atoms with Gasteiger partial charge in [0.2, 0.25) is 0 Å². The Hall–Kier alpha value is -3.81. The summed E-state index contributed by atoms with van der Waals surface area (Å²) in [4.78, 5) is 43.3. The number of unbranched alkanes of at least 4 members (excludes halogenated alkanes) is 1. The van der Waals surface area contributed by atoms with E-state index in [2.05, 4.69) is 10.2 Å². The smallest absolute Gasteiger partial charge is 0.261 e. The van der Waals surface area contributed by atoms with Crippen LogP contribution in [-0.4, -0.2) is 60.9 Å². The molecule has 0 unspecified atom stereocenters. The predicted molar refractivity (Wildman–Crippen MR) is 139 cm³/mol. The van der Waals surface area contributed by atoms with Crippen molar-refractivity contribution >= 4 is 33.6 Å². The lowest BCUT2D eigenvalue weighted by Crippen LogP contribution is -2.44. The Balaban J connectivity index is 1.31. The van der Waals surface area contributed by atoms with Crippen molar-refractivity contribution in [1.29, 1.82) is 0 Å². The Morgan fingerprint density at radius 3 is 2.28 bits per heavy atom. The first-order valence-electron chi connectivity index (χ1n) is 12.5. The van der Waals surface area contributed by atoms with Gasteiger partial charge in [0.15, 0.2) is 5.43 Å². The zero-order chi connectivity index (χ0) is 24.6. The molecule has 2 amide bonds. The van der Waals surface area contributed by atoms with Crippen molar-refractivity contribution in [2.75, 3.05) is 39.3 Å². The maximum absolute atomic E-state index is 13.4. The van der Waals surface area contributed by atoms with Crippen LogP contribution < -0.4 is 10.7 Å². The molecule has 2 aliphatic rings. The number of amides is 2. The van der Waals surface area contributed by atoms with Gasteiger partial charge < -0.3 is 14.6 Å². The van der Waals surface area contributed by atoms with Crippen molar-refractivity contribution in [2.24, 2.45) is 0 Å². The van der Waals surface area contributed by atoms with E-state index in [1.54, 1.807) is 30.3 Å². The van der Waals surface area contributed by atoms with Crippen molar-refractivity contribution in [3.8, 4) is 11.3 Å². The highest BCUT2D eigenvalue weighted by atomic mass is 16.3. The number of carbonyl (C=O) groups excluding carboxylic acids is 2. The van der Waals surface area contributed by atoms with Crippen LogP contribution in [0.4, 0.5) is 0 Å². The van der Waals surface area contributed by atoms with Crippen LogP contribution in [0.15, 0.2) is 69.9 Å². The number of para-hydroxylation sites is 1. The first-order valence-corrected chi connectivity index (χ1v) is 12.5. The quantitative estimate of drug-likeness (QED) is 0.332. The summed E-state index contributed by atoms with van der Waals surface area (Å²) in [5.74, 6) is -0.118. The summed E-state index contributed by atoms with van der Waals surface area (Å²) in [6.07, 6.45) is 1.71. The fraction of sp³-hybridized carbons (Fsp3) is 0.276. The van der Waals surface area contributed by atoms with Crippen LogP contribution in [0.1, 0.15) is 33.6 Å². The lowest BCUT2D eigenvalue weighted by molar-refractivity contribution is 0.0606. The maximum Gasteiger partial charge on any atom is 0.261 e. The van der Waals surface area contributed by atoms with Crippen LogP contribution in [0.25, 0.3) is 33.1 Å². The van der Waals surface area contributed by atoms with E-state index in [1.165, 1.54) is 11.0 Å². The molecule has 1 aromatic heterocycles. The minimum absolute atomic E-state index is 0.133. The van der Waals surface area contributed by atoms with Crippen LogP contribution in [0.3, 0.4) is 0 Å². The van der Waals surface area contributed by atoms with Crippen LogP contribution in [0, 0.1) is 0 Å². The molecule has 0 bridgehead atoms. The standard InChI is InChI=1S/C29H27N3O4/c33-24-18-26(36-25-9-2-1-6-21(24)25)19-10-11-23-27-20(19)7-5-8-22(27)28(34)32(29(23)35)15-4-3-14-31-16-12-30-13-17-31/h1-2,5-11,18,30H,3-4,12-17H2. The van der Waals surface area contributed by atoms with Crippen molar-refractivity contribution in [3.63, 3.8) is 0 Å². The van der Waals surface area contributed by atoms with Crippen molar-refractivity contribution in [2.45, 2.75) is 12.8 Å². The zero-order valence-electron chi connectivity index (χ0n) is 20.0. The van der Waals surface area contributed by atoms with Crippen LogP contribution in [0.2, 0.25) is 0 Å². The summed E-state index contributed by atoms with van der Waals surface area (Å²) in [5, 5.41) is 5.22. The third kappa shape index (κ3) is 3.90. The van der Waals surface area contributed by atoms with Gasteiger partial charge >= 0.3 is 0 Å². The van der Waals surface area contributed by atoms with Crippen LogP contribution >= 0.6 is 0 Å². The van der Waals surface area contributed by atoms with E-state index in [-0.39, 0.29) is 17.2 Å². The van der Waals surface area contributed by atoms with Gasteiger partial charge in [-0.1, -0.05) is 24.3 Å². The van der Waals surface area contributed by atoms with E-state index in [9.17, 15) is 14.4 Å². The predicted octanol–water partition coefficient (Wildman–Crippen LogP) is 3.89. The Kier molecular flexibility index (Phi) is 5.87. The normalized spacial score (nSPS) is 16.3. The van der Waals surface area contributed by atoms with E-state index in [0.717, 1.165) is 51.0 Å². The van der Waals surface area contributed by atoms with E-state index in [1.807, 2.05) is 24.3 Å². The molecule has 3 aromatic carbocycles. The molecule has 1 fully saturated rings. The van der Waals surface area contributed by atoms with Gasteiger partial charge in [-0.2, -0.15) is 0 Å². The Morgan fingerprint density at radius 1 is 0.750 bits per heavy atom. The van der Waals surface area contributed by atoms with E-state index in [0.29, 0.717) is 45.4 Å². The monoisotopic (exact) mass is 481 g/mol. The molecule has 3 heterocycles. The van der Waals surface area contributed by atoms with Crippen molar-refractivity contribution < 1.29 is 14.0 Å². The number of hydrogen-bond acceptors (Lipinski definition) is 6. The summed E-state index contributed by atoms with van der Waals surface area (Å²) in [6, 6.07) is 17.6. The number of hydrogen-bond donors (Lipinski definition) is 1. The minimum atomic E-state index is -0.266. The summed E-state index contributed by atoms with van der Waals surface area (Å²) in [6.45, 7) is 5.47. The van der Waals surface area contributed by atoms with Gasteiger partial charge in [-0.15, -0.1) is 0 Å². The molecule has 36 heavy (non-hydrogen) atoms. The van der Waals surface area contributed by atoms with Crippen molar-refractivity contribution in [3.05, 3.63) is 82.0 Å². The molecule has 6 rings (SSSR count). The first-order chi connectivity index (χ1) is 17.6. The Morgan fingerprint density at radius 2 is 1.44 bits per heavy atom. The largest absolute Gasteiger partial charge is 0.456 e. The third-order valence-corrected chi connectivity index (χ3v) is 7.21. The third-order valence-electron chi connectivity index (χ3n) is 7.21. The molecule has 2 aliphatic heterocycles. The molecule has 4 aromatic rings. The summed E-state index contributed by atoms with van der Waals surface area (Å²) in [5.41, 5.74) is 2.07. The van der Waals surface area contributed by atoms with Gasteiger partial charge in [0.05, 0.1) is 5.39 Å². The maximum atomic E-state index is 13.4. The second-order valence-electron chi connectivity index (χ2n) is 9.42. The number of nitrogens with one attached hydrogen (secondary N) is 1. The zero-order valence-corrected chi connectivity index (χ0v) is 20.0. The van der Waals surface area contributed by atoms with Gasteiger partial charge in [-0.25, -0.2) is 0 Å². The Labute approximate surface area is 208 Å². The molecule has 7 nitrogen and oxygen atoms in total. The molecule has 1 N–H and O–H groups in total. The van der Waals surface area contributed by atoms with E-state index >= 15 is 0 Å². The molecule has 1 saturated heterocycles. The number of imide groups is 1. The number of rotatable bonds is 6. The molecule has 0 spiro atoms. The molecule has 0 aliphatic carbocycles. The molecule has 0 atom stereocenters. The summed E-state index contributed by atoms with van der Waals surface area (Å²) in [7, 11) is 0. The van der Waals surface area contributed by atoms with E-state index in [4.69, 9.17) is 4.42 Å². The highest BCUT2D eigenvalue weighted by Crippen LogP contribution is 2.36. The topological polar surface area (TPSA) is 82.9 Å². The first kappa shape index (κ1) is 22.6. The summed E-state index contributed by atoms with van der Waals surface area (Å²) >= 11 is 0. The minimum Gasteiger partial charge on any atom is -0.456 e. The molecule has 0 radical (unpaired) electrons. The fourth-order valence-corrected chi connectivity index (χ4v) is 5.34. The molecule has 0 saturated carbocycles. The molecular formula is C29H27N3O4. The average Bonchev–Trinajstić information content (AvgIpc) is 2.91. The van der Waals surface area contributed by atoms with Gasteiger partial charge in [0.25, 0.3) is 11.8 Å². The van der Waals surface area contributed by atoms with Crippen molar-refractivity contribution in [1.82, 2.24) is 15.1 Å². The average molecular weight is 482 g/mol. The van der Waals surface area contributed by atoms with Gasteiger partial charge in [0.1, 0.15) is 11.3 Å². The number of carbonyl (C=O) groups is 2. The van der Waals surface area contributed by atoms with Gasteiger partial charge in [0, 0.05) is 60.9 Å². The number of nitrogens with zero attached hydrogens (tertiary/aromatic N) is 2. The second-order valence-corrected chi connectivity index (χ2v) is 9.42. The number of fused-ring (bicyclic) bond motifs is 1. The van der Waals surface area contributed by atoms with Gasteiger partial charge in [-0.3, -0.25) is 19.3 Å². The highest BCUT2D eigenvalue weighted by molar-refractivity contribution is 6.26. The molecule has 182 valence electrons. The molecular weight excluding hydrogens is 454 g/mol. The fourth-order valence-electron chi connectivity index (χ4n) is 5.34. The lowest BCUT2D eigenvalue weighted by atomic mass is 9.90. The Bertz CT molecular complexity index is 1530. The van der Waals surface area contributed by atoms with Crippen LogP contribution in [0.5, 0.6) is 0 Å². The van der Waals surface area contributed by atoms with E-state index < -0.39 is 0 Å². The number of piperazine rings is 1. The number of benzene rings is 3. The summed E-state index contributed by atoms with van der Waals surface area (Å²) < 4.78 is 6.07. The lowest BCUT2D eigenvalue weighted by Gasteiger charge is -2.29. The molecule has 7 heteroatoms.